The SMILES string of the molecule is COc1cccc(OC)c1C(=O)C1(C(C)(P=O)C(=O)OC(C)(C)C)CCCCC1. The third kappa shape index (κ3) is 4.32. The molecule has 7 heteroatoms. The number of ketones is 1. The summed E-state index contributed by atoms with van der Waals surface area (Å²) in [6.45, 7) is 6.84. The van der Waals surface area contributed by atoms with Gasteiger partial charge in [-0.2, -0.15) is 0 Å². The molecular weight excluding hydrogens is 391 g/mol. The number of benzene rings is 1. The molecular formula is C22H31O6P. The van der Waals surface area contributed by atoms with E-state index in [1.165, 1.54) is 14.2 Å². The summed E-state index contributed by atoms with van der Waals surface area (Å²) in [5, 5.41) is -1.52. The van der Waals surface area contributed by atoms with Crippen LogP contribution in [0.2, 0.25) is 0 Å². The summed E-state index contributed by atoms with van der Waals surface area (Å²) in [6.07, 6.45) is 3.36. The lowest BCUT2D eigenvalue weighted by Crippen LogP contribution is -2.55. The van der Waals surface area contributed by atoms with Gasteiger partial charge in [0.15, 0.2) is 19.4 Å². The van der Waals surface area contributed by atoms with Crippen LogP contribution in [0.1, 0.15) is 70.2 Å². The van der Waals surface area contributed by atoms with E-state index in [2.05, 4.69) is 0 Å². The van der Waals surface area contributed by atoms with Crippen LogP contribution in [0.4, 0.5) is 0 Å². The van der Waals surface area contributed by atoms with Crippen LogP contribution in [-0.2, 0) is 14.1 Å². The van der Waals surface area contributed by atoms with Crippen molar-refractivity contribution in [1.29, 1.82) is 0 Å². The molecule has 1 saturated carbocycles. The van der Waals surface area contributed by atoms with Gasteiger partial charge in [0.2, 0.25) is 0 Å². The normalized spacial score (nSPS) is 18.6. The Morgan fingerprint density at radius 3 is 1.90 bits per heavy atom. The first-order valence-electron chi connectivity index (χ1n) is 9.90. The van der Waals surface area contributed by atoms with Crippen molar-refractivity contribution < 1.29 is 28.4 Å². The van der Waals surface area contributed by atoms with E-state index in [0.29, 0.717) is 24.3 Å². The van der Waals surface area contributed by atoms with Crippen molar-refractivity contribution >= 4 is 20.2 Å². The Balaban J connectivity index is 2.68. The highest BCUT2D eigenvalue weighted by atomic mass is 31.1. The van der Waals surface area contributed by atoms with Crippen molar-refractivity contribution in [3.8, 4) is 11.5 Å². The van der Waals surface area contributed by atoms with Crippen LogP contribution < -0.4 is 9.47 Å². The third-order valence-electron chi connectivity index (χ3n) is 5.71. The van der Waals surface area contributed by atoms with Gasteiger partial charge in [0.05, 0.1) is 19.6 Å². The fourth-order valence-corrected chi connectivity index (χ4v) is 4.72. The van der Waals surface area contributed by atoms with Gasteiger partial charge >= 0.3 is 5.97 Å². The predicted octanol–water partition coefficient (Wildman–Crippen LogP) is 5.23. The first-order chi connectivity index (χ1) is 13.6. The molecule has 29 heavy (non-hydrogen) atoms. The van der Waals surface area contributed by atoms with E-state index in [1.54, 1.807) is 45.9 Å². The first kappa shape index (κ1) is 23.3. The number of hydrogen-bond donors (Lipinski definition) is 0. The summed E-state index contributed by atoms with van der Waals surface area (Å²) in [5.74, 6) is -0.184. The summed E-state index contributed by atoms with van der Waals surface area (Å²) >= 11 is 0. The number of methoxy groups -OCH3 is 2. The van der Waals surface area contributed by atoms with E-state index >= 15 is 0 Å². The molecule has 6 nitrogen and oxygen atoms in total. The van der Waals surface area contributed by atoms with E-state index in [-0.39, 0.29) is 11.3 Å². The maximum atomic E-state index is 14.0. The lowest BCUT2D eigenvalue weighted by Gasteiger charge is -2.45. The summed E-state index contributed by atoms with van der Waals surface area (Å²) in [4.78, 5) is 27.3. The van der Waals surface area contributed by atoms with Gasteiger partial charge in [-0.1, -0.05) is 25.3 Å². The van der Waals surface area contributed by atoms with Gasteiger partial charge in [-0.3, -0.25) is 14.2 Å². The molecule has 0 bridgehead atoms. The van der Waals surface area contributed by atoms with Crippen molar-refractivity contribution in [2.75, 3.05) is 14.2 Å². The second kappa shape index (κ2) is 8.83. The number of hydrogen-bond acceptors (Lipinski definition) is 6. The highest BCUT2D eigenvalue weighted by Crippen LogP contribution is 2.55. The monoisotopic (exact) mass is 422 g/mol. The average molecular weight is 422 g/mol. The third-order valence-corrected chi connectivity index (χ3v) is 6.68. The molecule has 1 aliphatic rings. The second-order valence-electron chi connectivity index (χ2n) is 8.67. The van der Waals surface area contributed by atoms with Gasteiger partial charge in [0.25, 0.3) is 0 Å². The van der Waals surface area contributed by atoms with Crippen LogP contribution in [0.25, 0.3) is 0 Å². The Bertz CT molecular complexity index is 754. The molecule has 1 aliphatic carbocycles. The van der Waals surface area contributed by atoms with Crippen LogP contribution in [0.3, 0.4) is 0 Å². The minimum Gasteiger partial charge on any atom is -0.496 e. The number of rotatable bonds is 7. The van der Waals surface area contributed by atoms with Gasteiger partial charge < -0.3 is 14.2 Å². The fraction of sp³-hybridized carbons (Fsp3) is 0.636. The van der Waals surface area contributed by atoms with Gasteiger partial charge in [-0.25, -0.2) is 0 Å². The Kier molecular flexibility index (Phi) is 7.10. The molecule has 1 aromatic carbocycles. The molecule has 1 unspecified atom stereocenters. The molecule has 0 aliphatic heterocycles. The molecule has 1 fully saturated rings. The van der Waals surface area contributed by atoms with E-state index in [4.69, 9.17) is 14.2 Å². The Morgan fingerprint density at radius 1 is 0.966 bits per heavy atom. The van der Waals surface area contributed by atoms with Crippen LogP contribution in [0.5, 0.6) is 11.5 Å². The maximum absolute atomic E-state index is 14.0. The minimum atomic E-state index is -1.52. The Hall–Kier alpha value is -1.94. The van der Waals surface area contributed by atoms with Crippen LogP contribution in [0.15, 0.2) is 18.2 Å². The highest BCUT2D eigenvalue weighted by Gasteiger charge is 2.61. The fourth-order valence-electron chi connectivity index (χ4n) is 4.10. The molecule has 0 N–H and O–H groups in total. The lowest BCUT2D eigenvalue weighted by atomic mass is 9.61. The quantitative estimate of drug-likeness (QED) is 0.340. The molecule has 160 valence electrons. The van der Waals surface area contributed by atoms with Crippen molar-refractivity contribution in [2.24, 2.45) is 5.41 Å². The van der Waals surface area contributed by atoms with E-state index < -0.39 is 30.6 Å². The van der Waals surface area contributed by atoms with Crippen molar-refractivity contribution in [3.05, 3.63) is 23.8 Å². The van der Waals surface area contributed by atoms with E-state index in [9.17, 15) is 14.2 Å². The number of esters is 1. The molecule has 1 aromatic rings. The van der Waals surface area contributed by atoms with Crippen LogP contribution in [0, 0.1) is 5.41 Å². The Labute approximate surface area is 174 Å². The largest absolute Gasteiger partial charge is 0.496 e. The molecule has 1 atom stereocenters. The van der Waals surface area contributed by atoms with Gasteiger partial charge in [0, 0.05) is 0 Å². The molecule has 0 aromatic heterocycles. The smallest absolute Gasteiger partial charge is 0.325 e. The maximum Gasteiger partial charge on any atom is 0.325 e. The first-order valence-corrected chi connectivity index (χ1v) is 10.7. The summed E-state index contributed by atoms with van der Waals surface area (Å²) in [7, 11) is 2.53. The number of Topliss-reactive ketones (excluding diaryl/α,β-unsaturated/α-hetero) is 1. The number of ether oxygens (including phenoxy) is 3. The average Bonchev–Trinajstić information content (AvgIpc) is 2.70. The topological polar surface area (TPSA) is 78.9 Å². The van der Waals surface area contributed by atoms with Crippen molar-refractivity contribution in [3.63, 3.8) is 0 Å². The second-order valence-corrected chi connectivity index (χ2v) is 9.75. The molecule has 0 amide bonds. The lowest BCUT2D eigenvalue weighted by molar-refractivity contribution is -0.161. The van der Waals surface area contributed by atoms with Gasteiger partial charge in [-0.05, 0) is 52.7 Å². The number of carbonyl (C=O) groups excluding carboxylic acids is 2. The zero-order valence-corrected chi connectivity index (χ0v) is 19.1. The van der Waals surface area contributed by atoms with E-state index in [0.717, 1.165) is 19.3 Å². The Morgan fingerprint density at radius 2 is 1.48 bits per heavy atom. The summed E-state index contributed by atoms with van der Waals surface area (Å²) in [6, 6.07) is 5.11. The van der Waals surface area contributed by atoms with Crippen molar-refractivity contribution in [2.45, 2.75) is 70.6 Å². The minimum absolute atomic E-state index is 0.276. The van der Waals surface area contributed by atoms with Crippen LogP contribution >= 0.6 is 8.46 Å². The standard InChI is InChI=1S/C22H31O6P/c1-20(2,3)28-19(24)21(4,29-25)22(13-8-7-9-14-22)18(23)17-15(26-5)11-10-12-16(17)27-6/h10-12H,7-9,13-14H2,1-6H3. The van der Waals surface area contributed by atoms with Gasteiger partial charge in [-0.15, -0.1) is 0 Å². The molecule has 0 saturated heterocycles. The van der Waals surface area contributed by atoms with Gasteiger partial charge in [0.1, 0.15) is 22.7 Å². The van der Waals surface area contributed by atoms with E-state index in [1.807, 2.05) is 0 Å². The molecule has 0 radical (unpaired) electrons. The summed E-state index contributed by atoms with van der Waals surface area (Å²) in [5.41, 5.74) is -1.67. The van der Waals surface area contributed by atoms with Crippen LogP contribution in [-0.4, -0.2) is 36.7 Å². The highest BCUT2D eigenvalue weighted by molar-refractivity contribution is 7.28. The molecule has 0 spiro atoms. The summed E-state index contributed by atoms with van der Waals surface area (Å²) < 4.78 is 29.0. The zero-order valence-electron chi connectivity index (χ0n) is 18.2. The zero-order chi connectivity index (χ0) is 21.9. The van der Waals surface area contributed by atoms with Crippen molar-refractivity contribution in [1.82, 2.24) is 0 Å². The predicted molar refractivity (Wildman–Crippen MR) is 111 cm³/mol. The number of carbonyl (C=O) groups is 2. The molecule has 0 heterocycles. The molecule has 2 rings (SSSR count).